The van der Waals surface area contributed by atoms with Crippen LogP contribution in [0.1, 0.15) is 29.9 Å². The SMILES string of the molecule is COc1ccc([C@@]23C(=O)N(Nc4ccc(Cl)cc4Cl)C(=O)[C@@H]2C[C@@H]2C(=CC[C@@H]4C(=O)N(O)C(=O)[C@@H]42)[C@@H]3c2cc(Cl)ccc2O)cc1. The van der Waals surface area contributed by atoms with Crippen LogP contribution >= 0.6 is 34.8 Å². The lowest BCUT2D eigenvalue weighted by molar-refractivity contribution is -0.173. The van der Waals surface area contributed by atoms with Gasteiger partial charge in [0.05, 0.1) is 41.0 Å². The Kier molecular flexibility index (Phi) is 7.32. The van der Waals surface area contributed by atoms with Gasteiger partial charge in [-0.25, -0.2) is 0 Å². The van der Waals surface area contributed by atoms with Gasteiger partial charge in [-0.3, -0.25) is 29.8 Å². The van der Waals surface area contributed by atoms with Gasteiger partial charge in [0.15, 0.2) is 0 Å². The van der Waals surface area contributed by atoms with E-state index >= 15 is 4.79 Å². The summed E-state index contributed by atoms with van der Waals surface area (Å²) in [6.45, 7) is 0. The second-order valence-corrected chi connectivity index (χ2v) is 13.2. The number of ether oxygens (including phenoxy) is 1. The molecular weight excluding hydrogens is 657 g/mol. The first-order valence-corrected chi connectivity index (χ1v) is 15.6. The van der Waals surface area contributed by atoms with E-state index in [-0.39, 0.29) is 45.0 Å². The molecule has 4 aliphatic rings. The molecule has 2 aliphatic carbocycles. The molecule has 1 saturated carbocycles. The smallest absolute Gasteiger partial charge is 0.260 e. The minimum Gasteiger partial charge on any atom is -0.508 e. The molecule has 46 heavy (non-hydrogen) atoms. The minimum absolute atomic E-state index is 0.000814. The number of rotatable bonds is 5. The number of amides is 4. The monoisotopic (exact) mass is 681 g/mol. The van der Waals surface area contributed by atoms with Crippen molar-refractivity contribution in [2.45, 2.75) is 24.2 Å². The maximum atomic E-state index is 15.1. The number of fused-ring (bicyclic) bond motifs is 4. The fourth-order valence-corrected chi connectivity index (χ4v) is 8.56. The van der Waals surface area contributed by atoms with Crippen molar-refractivity contribution in [3.63, 3.8) is 0 Å². The molecule has 236 valence electrons. The van der Waals surface area contributed by atoms with Gasteiger partial charge < -0.3 is 9.84 Å². The summed E-state index contributed by atoms with van der Waals surface area (Å²) in [4.78, 5) is 55.9. The van der Waals surface area contributed by atoms with Gasteiger partial charge in [0.2, 0.25) is 0 Å². The number of imide groups is 2. The molecule has 2 heterocycles. The number of nitrogens with zero attached hydrogens (tertiary/aromatic N) is 2. The number of benzene rings is 3. The molecule has 4 amide bonds. The normalized spacial score (nSPS) is 28.5. The number of carbonyl (C=O) groups is 4. The third kappa shape index (κ3) is 4.27. The summed E-state index contributed by atoms with van der Waals surface area (Å²) in [6.07, 6.45) is 1.91. The number of hydrogen-bond acceptors (Lipinski definition) is 8. The van der Waals surface area contributed by atoms with E-state index in [0.717, 1.165) is 5.01 Å². The summed E-state index contributed by atoms with van der Waals surface area (Å²) in [6, 6.07) is 15.8. The first-order chi connectivity index (χ1) is 22.0. The first kappa shape index (κ1) is 30.6. The highest BCUT2D eigenvalue weighted by Gasteiger charge is 2.70. The predicted octanol–water partition coefficient (Wildman–Crippen LogP) is 5.74. The Hall–Kier alpha value is -4.09. The zero-order valence-corrected chi connectivity index (χ0v) is 26.4. The lowest BCUT2D eigenvalue weighted by atomic mass is 9.49. The Morgan fingerprint density at radius 1 is 0.891 bits per heavy atom. The van der Waals surface area contributed by atoms with Gasteiger partial charge in [0.1, 0.15) is 11.5 Å². The zero-order chi connectivity index (χ0) is 32.7. The molecule has 0 radical (unpaired) electrons. The van der Waals surface area contributed by atoms with Gasteiger partial charge in [-0.2, -0.15) is 10.1 Å². The van der Waals surface area contributed by atoms with Crippen molar-refractivity contribution < 1.29 is 34.2 Å². The Balaban J connectivity index is 1.49. The van der Waals surface area contributed by atoms with Gasteiger partial charge in [0.25, 0.3) is 23.6 Å². The standard InChI is InChI=1S/C33H26Cl3N3O7/c1-46-18-6-2-15(3-7-18)33-23(30(42)38(32(33)44)37-25-10-4-17(35)13-24(25)36)14-21-19(28(33)22-12-16(34)5-11-26(22)40)8-9-20-27(21)31(43)39(45)29(20)41/h2-8,10-13,20-21,23,27-28,37,40,45H,9,14H2,1H3/t20-,21+,23-,27-,28+,33+/m0/s1. The molecule has 3 aromatic rings. The molecular formula is C33H26Cl3N3O7. The number of hydrogen-bond donors (Lipinski definition) is 3. The van der Waals surface area contributed by atoms with Crippen LogP contribution in [0.5, 0.6) is 11.5 Å². The fourth-order valence-electron chi connectivity index (χ4n) is 7.93. The highest BCUT2D eigenvalue weighted by Crippen LogP contribution is 2.65. The van der Waals surface area contributed by atoms with E-state index in [1.54, 1.807) is 48.5 Å². The zero-order valence-electron chi connectivity index (χ0n) is 24.1. The van der Waals surface area contributed by atoms with E-state index in [4.69, 9.17) is 39.5 Å². The van der Waals surface area contributed by atoms with Gasteiger partial charge in [-0.05, 0) is 72.9 Å². The molecule has 3 fully saturated rings. The number of halogens is 3. The molecule has 7 rings (SSSR count). The van der Waals surface area contributed by atoms with E-state index in [1.165, 1.54) is 25.3 Å². The van der Waals surface area contributed by atoms with Crippen LogP contribution in [0.4, 0.5) is 5.69 Å². The Bertz CT molecular complexity index is 1870. The fraction of sp³-hybridized carbons (Fsp3) is 0.273. The molecule has 0 aromatic heterocycles. The summed E-state index contributed by atoms with van der Waals surface area (Å²) in [5.41, 5.74) is 2.82. The van der Waals surface area contributed by atoms with E-state index in [2.05, 4.69) is 5.43 Å². The highest BCUT2D eigenvalue weighted by atomic mass is 35.5. The molecule has 0 bridgehead atoms. The van der Waals surface area contributed by atoms with Crippen molar-refractivity contribution in [2.75, 3.05) is 12.5 Å². The third-order valence-corrected chi connectivity index (χ3v) is 10.6. The van der Waals surface area contributed by atoms with Gasteiger partial charge in [-0.1, -0.05) is 58.6 Å². The van der Waals surface area contributed by atoms with E-state index in [9.17, 15) is 24.7 Å². The molecule has 6 atom stereocenters. The van der Waals surface area contributed by atoms with Crippen molar-refractivity contribution in [1.29, 1.82) is 0 Å². The van der Waals surface area contributed by atoms with Crippen molar-refractivity contribution in [3.8, 4) is 11.5 Å². The summed E-state index contributed by atoms with van der Waals surface area (Å²) in [7, 11) is 1.51. The van der Waals surface area contributed by atoms with E-state index < -0.39 is 58.6 Å². The first-order valence-electron chi connectivity index (χ1n) is 14.5. The molecule has 2 saturated heterocycles. The van der Waals surface area contributed by atoms with Crippen LogP contribution in [0, 0.1) is 23.7 Å². The molecule has 0 spiro atoms. The van der Waals surface area contributed by atoms with Crippen LogP contribution in [0.25, 0.3) is 0 Å². The van der Waals surface area contributed by atoms with Crippen LogP contribution in [0.3, 0.4) is 0 Å². The van der Waals surface area contributed by atoms with Crippen LogP contribution in [0.15, 0.2) is 72.3 Å². The molecule has 3 aromatic carbocycles. The Labute approximate surface area is 278 Å². The summed E-state index contributed by atoms with van der Waals surface area (Å²) in [5.74, 6) is -6.98. The average molecular weight is 683 g/mol. The summed E-state index contributed by atoms with van der Waals surface area (Å²) in [5, 5.41) is 23.6. The van der Waals surface area contributed by atoms with Crippen LogP contribution in [0.2, 0.25) is 15.1 Å². The number of phenolic OH excluding ortho intramolecular Hbond substituents is 1. The quantitative estimate of drug-likeness (QED) is 0.176. The van der Waals surface area contributed by atoms with Crippen molar-refractivity contribution in [3.05, 3.63) is 98.5 Å². The second-order valence-electron chi connectivity index (χ2n) is 11.9. The van der Waals surface area contributed by atoms with Crippen LogP contribution < -0.4 is 10.2 Å². The number of hydrazine groups is 1. The van der Waals surface area contributed by atoms with Crippen molar-refractivity contribution in [1.82, 2.24) is 10.1 Å². The topological polar surface area (TPSA) is 136 Å². The lowest BCUT2D eigenvalue weighted by Crippen LogP contribution is -2.53. The van der Waals surface area contributed by atoms with Gasteiger partial charge in [0, 0.05) is 21.5 Å². The largest absolute Gasteiger partial charge is 0.508 e. The van der Waals surface area contributed by atoms with Crippen LogP contribution in [-0.4, -0.2) is 51.1 Å². The number of allylic oxidation sites excluding steroid dienone is 2. The summed E-state index contributed by atoms with van der Waals surface area (Å²) < 4.78 is 5.38. The third-order valence-electron chi connectivity index (χ3n) is 9.86. The van der Waals surface area contributed by atoms with Gasteiger partial charge >= 0.3 is 0 Å². The summed E-state index contributed by atoms with van der Waals surface area (Å²) >= 11 is 19.0. The molecule has 2 aliphatic heterocycles. The van der Waals surface area contributed by atoms with E-state index in [1.807, 2.05) is 0 Å². The average Bonchev–Trinajstić information content (AvgIpc) is 3.40. The minimum atomic E-state index is -1.66. The number of phenols is 1. The van der Waals surface area contributed by atoms with Crippen molar-refractivity contribution in [2.24, 2.45) is 23.7 Å². The van der Waals surface area contributed by atoms with E-state index in [0.29, 0.717) is 21.9 Å². The maximum absolute atomic E-state index is 15.1. The van der Waals surface area contributed by atoms with Gasteiger partial charge in [-0.15, -0.1) is 0 Å². The number of anilines is 1. The molecule has 13 heteroatoms. The molecule has 10 nitrogen and oxygen atoms in total. The van der Waals surface area contributed by atoms with Crippen molar-refractivity contribution >= 4 is 64.1 Å². The molecule has 3 N–H and O–H groups in total. The Morgan fingerprint density at radius 2 is 1.59 bits per heavy atom. The molecule has 0 unspecified atom stereocenters. The predicted molar refractivity (Wildman–Crippen MR) is 167 cm³/mol. The number of nitrogens with one attached hydrogen (secondary N) is 1. The number of methoxy groups -OCH3 is 1. The second kappa shape index (κ2) is 11.0. The number of aromatic hydroxyl groups is 1. The number of hydroxylamine groups is 2. The lowest BCUT2D eigenvalue weighted by Gasteiger charge is -2.50. The Morgan fingerprint density at radius 3 is 2.28 bits per heavy atom. The van der Waals surface area contributed by atoms with Crippen LogP contribution in [-0.2, 0) is 24.6 Å². The maximum Gasteiger partial charge on any atom is 0.260 e. The number of carbonyl (C=O) groups excluding carboxylic acids is 4. The highest BCUT2D eigenvalue weighted by molar-refractivity contribution is 6.36.